The van der Waals surface area contributed by atoms with Gasteiger partial charge in [0.15, 0.2) is 0 Å². The number of morpholine rings is 1. The summed E-state index contributed by atoms with van der Waals surface area (Å²) >= 11 is 0. The van der Waals surface area contributed by atoms with Crippen molar-refractivity contribution in [3.63, 3.8) is 0 Å². The molecule has 3 nitrogen and oxygen atoms in total. The lowest BCUT2D eigenvalue weighted by Gasteiger charge is -2.25. The van der Waals surface area contributed by atoms with Gasteiger partial charge in [-0.2, -0.15) is 0 Å². The van der Waals surface area contributed by atoms with Crippen molar-refractivity contribution in [3.05, 3.63) is 12.2 Å². The van der Waals surface area contributed by atoms with E-state index in [2.05, 4.69) is 11.0 Å². The average molecular weight is 171 g/mol. The third kappa shape index (κ3) is 3.85. The van der Waals surface area contributed by atoms with Crippen LogP contribution in [0, 0.1) is 0 Å². The normalized spacial score (nSPS) is 20.4. The van der Waals surface area contributed by atoms with Gasteiger partial charge in [-0.05, 0) is 6.42 Å². The molecule has 0 atom stereocenters. The molecule has 1 saturated heterocycles. The Bertz CT molecular complexity index is 130. The van der Waals surface area contributed by atoms with Crippen LogP contribution >= 0.6 is 0 Å². The van der Waals surface area contributed by atoms with E-state index in [0.717, 1.165) is 39.3 Å². The van der Waals surface area contributed by atoms with Gasteiger partial charge in [-0.25, -0.2) is 0 Å². The van der Waals surface area contributed by atoms with Crippen molar-refractivity contribution >= 4 is 0 Å². The van der Waals surface area contributed by atoms with Gasteiger partial charge in [-0.1, -0.05) is 12.2 Å². The zero-order valence-electron chi connectivity index (χ0n) is 7.41. The first-order valence-corrected chi connectivity index (χ1v) is 4.49. The van der Waals surface area contributed by atoms with Crippen molar-refractivity contribution < 1.29 is 9.84 Å². The SMILES string of the molecule is OCC/C=C\CN1CCOCC1. The van der Waals surface area contributed by atoms with E-state index < -0.39 is 0 Å². The van der Waals surface area contributed by atoms with Gasteiger partial charge in [0.1, 0.15) is 0 Å². The van der Waals surface area contributed by atoms with Crippen molar-refractivity contribution in [2.45, 2.75) is 6.42 Å². The van der Waals surface area contributed by atoms with Gasteiger partial charge in [0, 0.05) is 26.2 Å². The van der Waals surface area contributed by atoms with Crippen molar-refractivity contribution in [1.29, 1.82) is 0 Å². The molecule has 0 unspecified atom stereocenters. The van der Waals surface area contributed by atoms with Crippen LogP contribution in [-0.4, -0.2) is 49.5 Å². The largest absolute Gasteiger partial charge is 0.396 e. The molecule has 1 aliphatic rings. The van der Waals surface area contributed by atoms with Gasteiger partial charge in [0.25, 0.3) is 0 Å². The minimum absolute atomic E-state index is 0.250. The molecule has 0 radical (unpaired) electrons. The Morgan fingerprint density at radius 2 is 2.00 bits per heavy atom. The third-order valence-corrected chi connectivity index (χ3v) is 1.93. The minimum Gasteiger partial charge on any atom is -0.396 e. The second-order valence-corrected chi connectivity index (χ2v) is 2.90. The number of hydrogen-bond donors (Lipinski definition) is 1. The topological polar surface area (TPSA) is 32.7 Å². The lowest BCUT2D eigenvalue weighted by Crippen LogP contribution is -2.36. The molecule has 0 aromatic rings. The molecule has 0 saturated carbocycles. The Hall–Kier alpha value is -0.380. The van der Waals surface area contributed by atoms with E-state index in [4.69, 9.17) is 9.84 Å². The molecule has 0 aliphatic carbocycles. The number of ether oxygens (including phenoxy) is 1. The van der Waals surface area contributed by atoms with Crippen LogP contribution in [0.5, 0.6) is 0 Å². The first-order chi connectivity index (χ1) is 5.93. The van der Waals surface area contributed by atoms with Crippen molar-refractivity contribution in [2.75, 3.05) is 39.5 Å². The highest BCUT2D eigenvalue weighted by Gasteiger charge is 2.06. The van der Waals surface area contributed by atoms with Gasteiger partial charge in [-0.15, -0.1) is 0 Å². The summed E-state index contributed by atoms with van der Waals surface area (Å²) in [6.45, 7) is 5.01. The summed E-state index contributed by atoms with van der Waals surface area (Å²) in [5, 5.41) is 8.52. The van der Waals surface area contributed by atoms with Crippen LogP contribution in [0.2, 0.25) is 0 Å². The van der Waals surface area contributed by atoms with Crippen LogP contribution in [0.4, 0.5) is 0 Å². The summed E-state index contributed by atoms with van der Waals surface area (Å²) < 4.78 is 5.22. The Kier molecular flexibility index (Phi) is 4.99. The zero-order chi connectivity index (χ0) is 8.65. The molecule has 1 heterocycles. The highest BCUT2D eigenvalue weighted by atomic mass is 16.5. The second-order valence-electron chi connectivity index (χ2n) is 2.90. The van der Waals surface area contributed by atoms with E-state index in [9.17, 15) is 0 Å². The number of aliphatic hydroxyl groups excluding tert-OH is 1. The van der Waals surface area contributed by atoms with Crippen LogP contribution in [0.1, 0.15) is 6.42 Å². The molecule has 1 N–H and O–H groups in total. The number of nitrogens with zero attached hydrogens (tertiary/aromatic N) is 1. The molecule has 1 aliphatic heterocycles. The fourth-order valence-corrected chi connectivity index (χ4v) is 1.20. The lowest BCUT2D eigenvalue weighted by atomic mass is 10.3. The van der Waals surface area contributed by atoms with Crippen LogP contribution in [0.15, 0.2) is 12.2 Å². The van der Waals surface area contributed by atoms with E-state index in [1.165, 1.54) is 0 Å². The van der Waals surface area contributed by atoms with E-state index in [1.54, 1.807) is 0 Å². The average Bonchev–Trinajstić information content (AvgIpc) is 2.14. The molecule has 1 fully saturated rings. The zero-order valence-corrected chi connectivity index (χ0v) is 7.41. The van der Waals surface area contributed by atoms with Gasteiger partial charge >= 0.3 is 0 Å². The predicted molar refractivity (Wildman–Crippen MR) is 48.1 cm³/mol. The van der Waals surface area contributed by atoms with E-state index in [-0.39, 0.29) is 6.61 Å². The third-order valence-electron chi connectivity index (χ3n) is 1.93. The van der Waals surface area contributed by atoms with E-state index >= 15 is 0 Å². The smallest absolute Gasteiger partial charge is 0.0594 e. The first kappa shape index (κ1) is 9.71. The fraction of sp³-hybridized carbons (Fsp3) is 0.778. The van der Waals surface area contributed by atoms with Gasteiger partial charge in [-0.3, -0.25) is 4.90 Å². The summed E-state index contributed by atoms with van der Waals surface area (Å²) in [6.07, 6.45) is 4.90. The van der Waals surface area contributed by atoms with E-state index in [0.29, 0.717) is 0 Å². The van der Waals surface area contributed by atoms with E-state index in [1.807, 2.05) is 6.08 Å². The van der Waals surface area contributed by atoms with Crippen LogP contribution in [-0.2, 0) is 4.74 Å². The first-order valence-electron chi connectivity index (χ1n) is 4.49. The molecule has 0 amide bonds. The molecule has 0 bridgehead atoms. The number of aliphatic hydroxyl groups is 1. The Balaban J connectivity index is 2.04. The van der Waals surface area contributed by atoms with Crippen LogP contribution < -0.4 is 0 Å². The maximum Gasteiger partial charge on any atom is 0.0594 e. The standard InChI is InChI=1S/C9H17NO2/c11-7-3-1-2-4-10-5-8-12-9-6-10/h1-2,11H,3-9H2/b2-1-. The maximum atomic E-state index is 8.52. The van der Waals surface area contributed by atoms with Gasteiger partial charge in [0.05, 0.1) is 13.2 Å². The number of rotatable bonds is 4. The summed E-state index contributed by atoms with van der Waals surface area (Å²) in [5.74, 6) is 0. The Morgan fingerprint density at radius 1 is 1.25 bits per heavy atom. The highest BCUT2D eigenvalue weighted by molar-refractivity contribution is 4.85. The quantitative estimate of drug-likeness (QED) is 0.616. The molecule has 0 aromatic carbocycles. The monoisotopic (exact) mass is 171 g/mol. The predicted octanol–water partition coefficient (Wildman–Crippen LogP) is 0.257. The molecule has 3 heteroatoms. The van der Waals surface area contributed by atoms with Crippen molar-refractivity contribution in [1.82, 2.24) is 4.90 Å². The van der Waals surface area contributed by atoms with Crippen LogP contribution in [0.25, 0.3) is 0 Å². The van der Waals surface area contributed by atoms with Gasteiger partial charge < -0.3 is 9.84 Å². The summed E-state index contributed by atoms with van der Waals surface area (Å²) in [4.78, 5) is 2.34. The summed E-state index contributed by atoms with van der Waals surface area (Å²) in [7, 11) is 0. The molecular weight excluding hydrogens is 154 g/mol. The molecule has 0 aromatic heterocycles. The fourth-order valence-electron chi connectivity index (χ4n) is 1.20. The molecule has 70 valence electrons. The Morgan fingerprint density at radius 3 is 2.67 bits per heavy atom. The highest BCUT2D eigenvalue weighted by Crippen LogP contribution is 1.96. The summed E-state index contributed by atoms with van der Waals surface area (Å²) in [6, 6.07) is 0. The molecule has 0 spiro atoms. The van der Waals surface area contributed by atoms with Crippen LogP contribution in [0.3, 0.4) is 0 Å². The lowest BCUT2D eigenvalue weighted by molar-refractivity contribution is 0.0434. The number of hydrogen-bond acceptors (Lipinski definition) is 3. The second kappa shape index (κ2) is 6.17. The molecular formula is C9H17NO2. The summed E-state index contributed by atoms with van der Waals surface area (Å²) in [5.41, 5.74) is 0. The molecule has 12 heavy (non-hydrogen) atoms. The van der Waals surface area contributed by atoms with Crippen molar-refractivity contribution in [3.8, 4) is 0 Å². The van der Waals surface area contributed by atoms with Crippen molar-refractivity contribution in [2.24, 2.45) is 0 Å². The maximum absolute atomic E-state index is 8.52. The van der Waals surface area contributed by atoms with Gasteiger partial charge in [0.2, 0.25) is 0 Å². The Labute approximate surface area is 73.6 Å². The molecule has 1 rings (SSSR count). The minimum atomic E-state index is 0.250.